The van der Waals surface area contributed by atoms with Crippen LogP contribution in [0.15, 0.2) is 35.6 Å². The van der Waals surface area contributed by atoms with Gasteiger partial charge in [0.05, 0.1) is 19.3 Å². The van der Waals surface area contributed by atoms with E-state index in [4.69, 9.17) is 4.74 Å². The zero-order valence-corrected chi connectivity index (χ0v) is 11.8. The Morgan fingerprint density at radius 2 is 2.22 bits per heavy atom. The Kier molecular flexibility index (Phi) is 4.25. The van der Waals surface area contributed by atoms with Gasteiger partial charge in [0, 0.05) is 30.9 Å². The van der Waals surface area contributed by atoms with Crippen LogP contribution in [0.3, 0.4) is 0 Å². The Labute approximate surface area is 110 Å². The van der Waals surface area contributed by atoms with Gasteiger partial charge in [0.2, 0.25) is 0 Å². The summed E-state index contributed by atoms with van der Waals surface area (Å²) < 4.78 is 5.82. The molecule has 1 atom stereocenters. The summed E-state index contributed by atoms with van der Waals surface area (Å²) in [6.45, 7) is 13.0. The molecule has 0 radical (unpaired) electrons. The monoisotopic (exact) mass is 248 g/mol. The van der Waals surface area contributed by atoms with E-state index in [0.29, 0.717) is 12.6 Å². The van der Waals surface area contributed by atoms with E-state index in [9.17, 15) is 0 Å². The van der Waals surface area contributed by atoms with Crippen molar-refractivity contribution >= 4 is 0 Å². The number of piperazine rings is 1. The van der Waals surface area contributed by atoms with Crippen molar-refractivity contribution < 1.29 is 4.74 Å². The zero-order chi connectivity index (χ0) is 13.1. The zero-order valence-electron chi connectivity index (χ0n) is 11.8. The second kappa shape index (κ2) is 5.72. The van der Waals surface area contributed by atoms with Crippen LogP contribution < -0.4 is 0 Å². The molecule has 1 unspecified atom stereocenters. The fourth-order valence-electron chi connectivity index (χ4n) is 2.78. The summed E-state index contributed by atoms with van der Waals surface area (Å²) in [5, 5.41) is 0. The molecule has 2 aliphatic rings. The number of fused-ring (bicyclic) bond motifs is 1. The molecule has 2 rings (SSSR count). The lowest BCUT2D eigenvalue weighted by molar-refractivity contribution is 0.0558. The van der Waals surface area contributed by atoms with Crippen LogP contribution in [0.2, 0.25) is 0 Å². The molecular formula is C15H24N2O. The summed E-state index contributed by atoms with van der Waals surface area (Å²) in [6.07, 6.45) is 4.13. The summed E-state index contributed by atoms with van der Waals surface area (Å²) in [4.78, 5) is 4.89. The molecule has 0 N–H and O–H groups in total. The smallest absolute Gasteiger partial charge is 0.0737 e. The fourth-order valence-corrected chi connectivity index (χ4v) is 2.78. The van der Waals surface area contributed by atoms with Crippen molar-refractivity contribution in [2.24, 2.45) is 0 Å². The third kappa shape index (κ3) is 2.52. The molecule has 18 heavy (non-hydrogen) atoms. The molecule has 3 nitrogen and oxygen atoms in total. The molecule has 100 valence electrons. The third-order valence-electron chi connectivity index (χ3n) is 3.90. The summed E-state index contributed by atoms with van der Waals surface area (Å²) in [7, 11) is 2.18. The Bertz CT molecular complexity index is 384. The van der Waals surface area contributed by atoms with Crippen LogP contribution in [-0.2, 0) is 4.74 Å². The van der Waals surface area contributed by atoms with E-state index in [1.165, 1.54) is 16.8 Å². The van der Waals surface area contributed by atoms with Crippen LogP contribution in [0.1, 0.15) is 13.8 Å². The number of likely N-dealkylation sites (N-methyl/N-ethyl adjacent to an activating group) is 1. The molecule has 2 aliphatic heterocycles. The largest absolute Gasteiger partial charge is 0.375 e. The fraction of sp³-hybridized carbons (Fsp3) is 0.600. The molecular weight excluding hydrogens is 224 g/mol. The van der Waals surface area contributed by atoms with E-state index in [0.717, 1.165) is 26.2 Å². The molecule has 2 heterocycles. The topological polar surface area (TPSA) is 15.7 Å². The van der Waals surface area contributed by atoms with Gasteiger partial charge >= 0.3 is 0 Å². The minimum atomic E-state index is 0.464. The Hall–Kier alpha value is -1.06. The first-order valence-electron chi connectivity index (χ1n) is 6.69. The lowest BCUT2D eigenvalue weighted by Gasteiger charge is -2.42. The van der Waals surface area contributed by atoms with E-state index in [2.05, 4.69) is 43.3 Å². The SMILES string of the molecule is C=CC1=C(/C(C)=C\C)N2CCN(C)CC2COC1. The van der Waals surface area contributed by atoms with Crippen LogP contribution in [0.5, 0.6) is 0 Å². The normalized spacial score (nSPS) is 26.9. The molecule has 0 amide bonds. The van der Waals surface area contributed by atoms with E-state index in [-0.39, 0.29) is 0 Å². The minimum absolute atomic E-state index is 0.464. The van der Waals surface area contributed by atoms with Gasteiger partial charge in [0.25, 0.3) is 0 Å². The molecule has 0 saturated carbocycles. The van der Waals surface area contributed by atoms with Gasteiger partial charge in [0.1, 0.15) is 0 Å². The Morgan fingerprint density at radius 1 is 1.44 bits per heavy atom. The molecule has 1 fully saturated rings. The lowest BCUT2D eigenvalue weighted by atomic mass is 10.0. The predicted molar refractivity (Wildman–Crippen MR) is 75.5 cm³/mol. The number of hydrogen-bond donors (Lipinski definition) is 0. The predicted octanol–water partition coefficient (Wildman–Crippen LogP) is 2.04. The van der Waals surface area contributed by atoms with Gasteiger partial charge in [-0.25, -0.2) is 0 Å². The maximum absolute atomic E-state index is 5.82. The maximum Gasteiger partial charge on any atom is 0.0737 e. The average molecular weight is 248 g/mol. The molecule has 1 saturated heterocycles. The van der Waals surface area contributed by atoms with Crippen molar-refractivity contribution in [3.05, 3.63) is 35.6 Å². The quantitative estimate of drug-likeness (QED) is 0.744. The van der Waals surface area contributed by atoms with Crippen LogP contribution in [0.4, 0.5) is 0 Å². The van der Waals surface area contributed by atoms with E-state index in [1.54, 1.807) is 0 Å². The number of hydrogen-bond acceptors (Lipinski definition) is 3. The molecule has 0 aromatic rings. The van der Waals surface area contributed by atoms with Crippen LogP contribution in [0, 0.1) is 0 Å². The summed E-state index contributed by atoms with van der Waals surface area (Å²) >= 11 is 0. The highest BCUT2D eigenvalue weighted by atomic mass is 16.5. The van der Waals surface area contributed by atoms with E-state index < -0.39 is 0 Å². The first kappa shape index (κ1) is 13.4. The standard InChI is InChI=1S/C15H24N2O/c1-5-12(3)15-13(6-2)10-18-11-14-9-16(4)7-8-17(14)15/h5-6,14H,2,7-11H2,1,3-4H3/b12-5-. The van der Waals surface area contributed by atoms with Crippen molar-refractivity contribution in [2.45, 2.75) is 19.9 Å². The summed E-state index contributed by atoms with van der Waals surface area (Å²) in [6, 6.07) is 0.464. The van der Waals surface area contributed by atoms with Crippen molar-refractivity contribution in [2.75, 3.05) is 39.9 Å². The number of allylic oxidation sites excluding steroid dienone is 2. The molecule has 0 aromatic carbocycles. The molecule has 0 aliphatic carbocycles. The van der Waals surface area contributed by atoms with Gasteiger partial charge in [-0.15, -0.1) is 0 Å². The molecule has 3 heteroatoms. The summed E-state index contributed by atoms with van der Waals surface area (Å²) in [5.41, 5.74) is 3.88. The van der Waals surface area contributed by atoms with Crippen LogP contribution >= 0.6 is 0 Å². The van der Waals surface area contributed by atoms with Gasteiger partial charge in [-0.1, -0.05) is 18.7 Å². The lowest BCUT2D eigenvalue weighted by Crippen LogP contribution is -2.52. The van der Waals surface area contributed by atoms with Crippen molar-refractivity contribution in [3.63, 3.8) is 0 Å². The highest BCUT2D eigenvalue weighted by Crippen LogP contribution is 2.27. The van der Waals surface area contributed by atoms with Crippen LogP contribution in [-0.4, -0.2) is 55.7 Å². The number of ether oxygens (including phenoxy) is 1. The van der Waals surface area contributed by atoms with Gasteiger partial charge in [0.15, 0.2) is 0 Å². The Balaban J connectivity index is 2.38. The molecule has 0 bridgehead atoms. The van der Waals surface area contributed by atoms with Gasteiger partial charge in [-0.05, 0) is 26.5 Å². The average Bonchev–Trinajstić information content (AvgIpc) is 2.56. The van der Waals surface area contributed by atoms with Gasteiger partial charge < -0.3 is 14.5 Å². The molecule has 0 spiro atoms. The van der Waals surface area contributed by atoms with Crippen molar-refractivity contribution in [3.8, 4) is 0 Å². The summed E-state index contributed by atoms with van der Waals surface area (Å²) in [5.74, 6) is 0. The van der Waals surface area contributed by atoms with Gasteiger partial charge in [-0.2, -0.15) is 0 Å². The van der Waals surface area contributed by atoms with E-state index >= 15 is 0 Å². The van der Waals surface area contributed by atoms with Crippen molar-refractivity contribution in [1.82, 2.24) is 9.80 Å². The van der Waals surface area contributed by atoms with Crippen molar-refractivity contribution in [1.29, 1.82) is 0 Å². The highest BCUT2D eigenvalue weighted by Gasteiger charge is 2.30. The third-order valence-corrected chi connectivity index (χ3v) is 3.90. The molecule has 0 aromatic heterocycles. The second-order valence-corrected chi connectivity index (χ2v) is 5.17. The number of nitrogens with zero attached hydrogens (tertiary/aromatic N) is 2. The van der Waals surface area contributed by atoms with Gasteiger partial charge in [-0.3, -0.25) is 0 Å². The second-order valence-electron chi connectivity index (χ2n) is 5.17. The first-order chi connectivity index (χ1) is 8.67. The van der Waals surface area contributed by atoms with E-state index in [1.807, 2.05) is 6.08 Å². The number of rotatable bonds is 2. The van der Waals surface area contributed by atoms with Crippen LogP contribution in [0.25, 0.3) is 0 Å². The Morgan fingerprint density at radius 3 is 2.89 bits per heavy atom. The first-order valence-corrected chi connectivity index (χ1v) is 6.69. The maximum atomic E-state index is 5.82. The highest BCUT2D eigenvalue weighted by molar-refractivity contribution is 5.39. The minimum Gasteiger partial charge on any atom is -0.375 e.